The highest BCUT2D eigenvalue weighted by atomic mass is 32.1. The third-order valence-corrected chi connectivity index (χ3v) is 15.2. The molecule has 10 aromatic carbocycles. The fourth-order valence-electron chi connectivity index (χ4n) is 11.5. The predicted octanol–water partition coefficient (Wildman–Crippen LogP) is 16.5. The normalized spacial score (nSPS) is 13.2. The Balaban J connectivity index is 0.964. The molecule has 0 saturated heterocycles. The Morgan fingerprint density at radius 3 is 1.48 bits per heavy atom. The molecule has 2 heterocycles. The summed E-state index contributed by atoms with van der Waals surface area (Å²) < 4.78 is 5.00. The van der Waals surface area contributed by atoms with E-state index < -0.39 is 5.41 Å². The number of fused-ring (bicyclic) bond motifs is 18. The molecule has 0 amide bonds. The van der Waals surface area contributed by atoms with E-state index in [1.165, 1.54) is 126 Å². The van der Waals surface area contributed by atoms with E-state index in [1.54, 1.807) is 0 Å². The van der Waals surface area contributed by atoms with Crippen molar-refractivity contribution in [2.45, 2.75) is 5.41 Å². The maximum absolute atomic E-state index is 2.46. The third-order valence-electron chi connectivity index (χ3n) is 14.0. The summed E-state index contributed by atoms with van der Waals surface area (Å²) in [5.41, 5.74) is 21.2. The second-order valence-corrected chi connectivity index (χ2v) is 18.2. The van der Waals surface area contributed by atoms with Crippen molar-refractivity contribution < 1.29 is 0 Å². The van der Waals surface area contributed by atoms with Crippen LogP contribution in [0.2, 0.25) is 0 Å². The van der Waals surface area contributed by atoms with E-state index in [0.717, 1.165) is 0 Å². The number of benzene rings is 10. The number of aromatic nitrogens is 1. The van der Waals surface area contributed by atoms with E-state index in [0.29, 0.717) is 0 Å². The summed E-state index contributed by atoms with van der Waals surface area (Å²) in [5, 5.41) is 5.14. The number of para-hydroxylation sites is 2. The summed E-state index contributed by atoms with van der Waals surface area (Å²) in [6.07, 6.45) is 0. The summed E-state index contributed by atoms with van der Waals surface area (Å²) in [6, 6.07) is 84.2. The van der Waals surface area contributed by atoms with E-state index in [4.69, 9.17) is 0 Å². The molecule has 14 rings (SSSR count). The summed E-state index contributed by atoms with van der Waals surface area (Å²) in [7, 11) is 0. The van der Waals surface area contributed by atoms with Crippen molar-refractivity contribution in [3.05, 3.63) is 247 Å². The molecule has 2 aliphatic rings. The van der Waals surface area contributed by atoms with Crippen LogP contribution < -0.4 is 0 Å². The number of hydrogen-bond donors (Lipinski definition) is 0. The van der Waals surface area contributed by atoms with Crippen molar-refractivity contribution in [3.8, 4) is 61.3 Å². The molecule has 0 saturated carbocycles. The molecule has 0 N–H and O–H groups in total. The molecule has 0 unspecified atom stereocenters. The Bertz CT molecular complexity index is 3800. The van der Waals surface area contributed by atoms with Crippen LogP contribution in [0.5, 0.6) is 0 Å². The molecule has 292 valence electrons. The Hall–Kier alpha value is -7.78. The molecular formula is C61H37NS. The van der Waals surface area contributed by atoms with Gasteiger partial charge < -0.3 is 4.57 Å². The molecule has 2 aliphatic carbocycles. The molecule has 0 radical (unpaired) electrons. The maximum atomic E-state index is 2.46. The Kier molecular flexibility index (Phi) is 7.26. The third kappa shape index (κ3) is 4.76. The van der Waals surface area contributed by atoms with Gasteiger partial charge in [0.2, 0.25) is 0 Å². The van der Waals surface area contributed by atoms with Crippen LogP contribution in [-0.4, -0.2) is 4.57 Å². The molecule has 2 heteroatoms. The van der Waals surface area contributed by atoms with Gasteiger partial charge in [-0.3, -0.25) is 0 Å². The van der Waals surface area contributed by atoms with E-state index in [1.807, 2.05) is 11.3 Å². The van der Waals surface area contributed by atoms with Crippen LogP contribution in [0.3, 0.4) is 0 Å². The molecule has 1 spiro atoms. The first-order valence-electron chi connectivity index (χ1n) is 21.8. The van der Waals surface area contributed by atoms with Crippen LogP contribution >= 0.6 is 11.3 Å². The van der Waals surface area contributed by atoms with E-state index in [2.05, 4.69) is 229 Å². The lowest BCUT2D eigenvalue weighted by Crippen LogP contribution is -2.29. The zero-order valence-corrected chi connectivity index (χ0v) is 35.0. The summed E-state index contributed by atoms with van der Waals surface area (Å²) >= 11 is 1.88. The average molecular weight is 816 g/mol. The van der Waals surface area contributed by atoms with Crippen molar-refractivity contribution in [2.75, 3.05) is 0 Å². The summed E-state index contributed by atoms with van der Waals surface area (Å²) in [6.45, 7) is 0. The lowest BCUT2D eigenvalue weighted by Gasteiger charge is -2.35. The predicted molar refractivity (Wildman–Crippen MR) is 266 cm³/mol. The van der Waals surface area contributed by atoms with Crippen LogP contribution in [0.15, 0.2) is 224 Å². The topological polar surface area (TPSA) is 4.93 Å². The molecule has 1 nitrogen and oxygen atoms in total. The molecule has 0 aliphatic heterocycles. The standard InChI is InChI=1S/C61H37NS/c1-2-15-41(16-3-1)62-56-28-13-9-21-47(56)49-35-38(29-32-57(49)62)39-30-33-58-50(36-39)51-37-40(31-34-59(51)63-58)42-23-14-27-55-60(42)48-22-8-12-26-54(48)61(55)52-24-10-6-19-45(52)43-17-4-5-18-44(43)46-20-7-11-25-53(46)61/h1-37H. The first-order chi connectivity index (χ1) is 31.3. The molecule has 2 aromatic heterocycles. The monoisotopic (exact) mass is 815 g/mol. The van der Waals surface area contributed by atoms with Crippen LogP contribution in [0, 0.1) is 0 Å². The highest BCUT2D eigenvalue weighted by Gasteiger charge is 2.50. The first-order valence-corrected chi connectivity index (χ1v) is 22.7. The first kappa shape index (κ1) is 34.9. The Morgan fingerprint density at radius 2 is 0.778 bits per heavy atom. The smallest absolute Gasteiger partial charge is 0.0725 e. The molecule has 0 fully saturated rings. The average Bonchev–Trinajstić information content (AvgIpc) is 3.97. The molecule has 12 aromatic rings. The van der Waals surface area contributed by atoms with Crippen molar-refractivity contribution in [3.63, 3.8) is 0 Å². The van der Waals surface area contributed by atoms with Crippen molar-refractivity contribution in [1.29, 1.82) is 0 Å². The number of thiophene rings is 1. The quantitative estimate of drug-likeness (QED) is 0.167. The second kappa shape index (κ2) is 13.1. The Labute approximate surface area is 369 Å². The van der Waals surface area contributed by atoms with Gasteiger partial charge >= 0.3 is 0 Å². The minimum absolute atomic E-state index is 0.503. The molecule has 63 heavy (non-hydrogen) atoms. The van der Waals surface area contributed by atoms with Gasteiger partial charge in [0.25, 0.3) is 0 Å². The number of rotatable bonds is 3. The summed E-state index contributed by atoms with van der Waals surface area (Å²) in [4.78, 5) is 0. The van der Waals surface area contributed by atoms with Gasteiger partial charge in [-0.25, -0.2) is 0 Å². The maximum Gasteiger partial charge on any atom is 0.0725 e. The lowest BCUT2D eigenvalue weighted by molar-refractivity contribution is 0.775. The van der Waals surface area contributed by atoms with Gasteiger partial charge in [0.15, 0.2) is 0 Å². The minimum atomic E-state index is -0.503. The van der Waals surface area contributed by atoms with Crippen molar-refractivity contribution in [2.24, 2.45) is 0 Å². The van der Waals surface area contributed by atoms with Crippen molar-refractivity contribution in [1.82, 2.24) is 4.57 Å². The van der Waals surface area contributed by atoms with Crippen molar-refractivity contribution >= 4 is 53.3 Å². The van der Waals surface area contributed by atoms with Gasteiger partial charge in [0, 0.05) is 36.6 Å². The van der Waals surface area contributed by atoms with Crippen LogP contribution in [0.25, 0.3) is 103 Å². The van der Waals surface area contributed by atoms with Crippen LogP contribution in [0.1, 0.15) is 22.3 Å². The van der Waals surface area contributed by atoms with Gasteiger partial charge in [0.1, 0.15) is 0 Å². The zero-order valence-electron chi connectivity index (χ0n) is 34.2. The van der Waals surface area contributed by atoms with E-state index in [-0.39, 0.29) is 0 Å². The highest BCUT2D eigenvalue weighted by Crippen LogP contribution is 2.62. The zero-order chi connectivity index (χ0) is 41.2. The van der Waals surface area contributed by atoms with Gasteiger partial charge in [0.05, 0.1) is 16.4 Å². The van der Waals surface area contributed by atoms with E-state index >= 15 is 0 Å². The molecule has 0 atom stereocenters. The number of hydrogen-bond acceptors (Lipinski definition) is 1. The fourth-order valence-corrected chi connectivity index (χ4v) is 12.5. The van der Waals surface area contributed by atoms with E-state index in [9.17, 15) is 0 Å². The largest absolute Gasteiger partial charge is 0.309 e. The molecular weight excluding hydrogens is 779 g/mol. The second-order valence-electron chi connectivity index (χ2n) is 17.1. The molecule has 0 bridgehead atoms. The van der Waals surface area contributed by atoms with Gasteiger partial charge in [-0.15, -0.1) is 11.3 Å². The van der Waals surface area contributed by atoms with Gasteiger partial charge in [-0.2, -0.15) is 0 Å². The Morgan fingerprint density at radius 1 is 0.302 bits per heavy atom. The highest BCUT2D eigenvalue weighted by molar-refractivity contribution is 7.25. The minimum Gasteiger partial charge on any atom is -0.309 e. The SMILES string of the molecule is c1ccc(-n2c3ccccc3c3cc(-c4ccc5sc6ccc(-c7cccc8c7-c7ccccc7C87c8ccccc8-c8ccccc8-c8ccccc87)cc6c5c4)ccc32)cc1. The lowest BCUT2D eigenvalue weighted by atomic mass is 9.66. The fraction of sp³-hybridized carbons (Fsp3) is 0.0164. The van der Waals surface area contributed by atoms with Gasteiger partial charge in [-0.1, -0.05) is 170 Å². The van der Waals surface area contributed by atoms with Crippen LogP contribution in [0.4, 0.5) is 0 Å². The number of nitrogens with zero attached hydrogens (tertiary/aromatic N) is 1. The van der Waals surface area contributed by atoms with Crippen LogP contribution in [-0.2, 0) is 5.41 Å². The van der Waals surface area contributed by atoms with Gasteiger partial charge in [-0.05, 0) is 132 Å². The summed E-state index contributed by atoms with van der Waals surface area (Å²) in [5.74, 6) is 0.